The van der Waals surface area contributed by atoms with Gasteiger partial charge < -0.3 is 9.73 Å². The molecule has 0 radical (unpaired) electrons. The van der Waals surface area contributed by atoms with Crippen molar-refractivity contribution in [3.05, 3.63) is 72.2 Å². The molecule has 4 rings (SSSR count). The van der Waals surface area contributed by atoms with Gasteiger partial charge in [0.2, 0.25) is 5.91 Å². The summed E-state index contributed by atoms with van der Waals surface area (Å²) in [5, 5.41) is 7.27. The number of hydrogen-bond donors (Lipinski definition) is 1. The monoisotopic (exact) mass is 364 g/mol. The van der Waals surface area contributed by atoms with Crippen LogP contribution in [-0.2, 0) is 17.8 Å². The zero-order valence-corrected chi connectivity index (χ0v) is 15.4. The number of aryl methyl sites for hydroxylation is 1. The van der Waals surface area contributed by atoms with Crippen LogP contribution in [-0.4, -0.2) is 20.7 Å². The van der Waals surface area contributed by atoms with Gasteiger partial charge in [-0.3, -0.25) is 9.48 Å². The molecule has 1 aliphatic rings. The summed E-state index contributed by atoms with van der Waals surface area (Å²) in [5.74, 6) is 3.23. The Labute approximate surface area is 158 Å². The molecular formula is C21H24N4O2. The quantitative estimate of drug-likeness (QED) is 0.664. The van der Waals surface area contributed by atoms with Crippen LogP contribution in [0.3, 0.4) is 0 Å². The maximum absolute atomic E-state index is 12.5. The maximum atomic E-state index is 12.5. The van der Waals surface area contributed by atoms with E-state index in [9.17, 15) is 4.79 Å². The van der Waals surface area contributed by atoms with Crippen LogP contribution in [0, 0.1) is 5.92 Å². The first kappa shape index (κ1) is 17.5. The number of hydrogen-bond acceptors (Lipinski definition) is 4. The summed E-state index contributed by atoms with van der Waals surface area (Å²) in [6.45, 7) is 2.78. The number of nitrogens with one attached hydrogen (secondary N) is 1. The van der Waals surface area contributed by atoms with Crippen molar-refractivity contribution >= 4 is 5.91 Å². The van der Waals surface area contributed by atoms with Crippen molar-refractivity contribution in [1.82, 2.24) is 20.1 Å². The second-order valence-electron chi connectivity index (χ2n) is 7.27. The van der Waals surface area contributed by atoms with Gasteiger partial charge in [-0.15, -0.1) is 0 Å². The molecule has 6 nitrogen and oxygen atoms in total. The molecule has 2 aromatic heterocycles. The number of amides is 1. The van der Waals surface area contributed by atoms with Crippen LogP contribution in [0.25, 0.3) is 0 Å². The number of rotatable bonds is 8. The molecular weight excluding hydrogens is 340 g/mol. The van der Waals surface area contributed by atoms with Gasteiger partial charge in [-0.25, -0.2) is 4.98 Å². The molecule has 3 atom stereocenters. The first-order valence-electron chi connectivity index (χ1n) is 9.44. The van der Waals surface area contributed by atoms with Crippen molar-refractivity contribution in [3.63, 3.8) is 0 Å². The average Bonchev–Trinajstić information content (AvgIpc) is 3.08. The first-order chi connectivity index (χ1) is 13.2. The Kier molecular flexibility index (Phi) is 5.05. The van der Waals surface area contributed by atoms with Gasteiger partial charge in [0.1, 0.15) is 24.2 Å². The van der Waals surface area contributed by atoms with Crippen LogP contribution in [0.15, 0.2) is 59.5 Å². The number of carbonyl (C=O) groups excluding carboxylic acids is 1. The van der Waals surface area contributed by atoms with E-state index in [1.807, 2.05) is 36.4 Å². The number of furan rings is 1. The van der Waals surface area contributed by atoms with Crippen molar-refractivity contribution in [2.24, 2.45) is 5.92 Å². The highest BCUT2D eigenvalue weighted by molar-refractivity contribution is 5.76. The SMILES string of the molecule is CC1CC1c1ccc(CCC(=O)NC(Cn2cncn2)c2ccccc2)o1. The molecule has 0 saturated heterocycles. The van der Waals surface area contributed by atoms with Gasteiger partial charge in [0, 0.05) is 18.8 Å². The molecule has 1 saturated carbocycles. The molecule has 1 aliphatic carbocycles. The molecule has 2 heterocycles. The zero-order valence-electron chi connectivity index (χ0n) is 15.4. The summed E-state index contributed by atoms with van der Waals surface area (Å²) in [5.41, 5.74) is 1.05. The first-order valence-corrected chi connectivity index (χ1v) is 9.44. The molecule has 1 N–H and O–H groups in total. The summed E-state index contributed by atoms with van der Waals surface area (Å²) in [4.78, 5) is 16.5. The maximum Gasteiger partial charge on any atom is 0.220 e. The van der Waals surface area contributed by atoms with E-state index in [0.29, 0.717) is 25.3 Å². The van der Waals surface area contributed by atoms with E-state index >= 15 is 0 Å². The largest absolute Gasteiger partial charge is 0.466 e. The highest BCUT2D eigenvalue weighted by Crippen LogP contribution is 2.47. The number of benzene rings is 1. The second kappa shape index (κ2) is 7.78. The van der Waals surface area contributed by atoms with Crippen LogP contribution >= 0.6 is 0 Å². The van der Waals surface area contributed by atoms with Crippen LogP contribution in [0.4, 0.5) is 0 Å². The Morgan fingerprint density at radius 2 is 2.11 bits per heavy atom. The van der Waals surface area contributed by atoms with Gasteiger partial charge in [0.15, 0.2) is 0 Å². The second-order valence-corrected chi connectivity index (χ2v) is 7.27. The summed E-state index contributed by atoms with van der Waals surface area (Å²) in [6, 6.07) is 13.8. The lowest BCUT2D eigenvalue weighted by Crippen LogP contribution is -2.31. The van der Waals surface area contributed by atoms with Gasteiger partial charge in [-0.05, 0) is 30.0 Å². The van der Waals surface area contributed by atoms with E-state index in [1.54, 1.807) is 11.0 Å². The molecule has 27 heavy (non-hydrogen) atoms. The van der Waals surface area contributed by atoms with Crippen LogP contribution in [0.1, 0.15) is 48.8 Å². The van der Waals surface area contributed by atoms with Gasteiger partial charge >= 0.3 is 0 Å². The van der Waals surface area contributed by atoms with Crippen LogP contribution < -0.4 is 5.32 Å². The highest BCUT2D eigenvalue weighted by atomic mass is 16.3. The smallest absolute Gasteiger partial charge is 0.220 e. The third-order valence-electron chi connectivity index (χ3n) is 5.13. The summed E-state index contributed by atoms with van der Waals surface area (Å²) < 4.78 is 7.63. The summed E-state index contributed by atoms with van der Waals surface area (Å²) in [7, 11) is 0. The Morgan fingerprint density at radius 3 is 2.81 bits per heavy atom. The predicted octanol–water partition coefficient (Wildman–Crippen LogP) is 3.48. The summed E-state index contributed by atoms with van der Waals surface area (Å²) in [6.07, 6.45) is 5.37. The molecule has 1 fully saturated rings. The van der Waals surface area contributed by atoms with E-state index in [2.05, 4.69) is 28.4 Å². The highest BCUT2D eigenvalue weighted by Gasteiger charge is 2.36. The minimum atomic E-state index is -0.153. The molecule has 140 valence electrons. The van der Waals surface area contributed by atoms with Crippen molar-refractivity contribution in [1.29, 1.82) is 0 Å². The molecule has 3 unspecified atom stereocenters. The molecule has 3 aromatic rings. The van der Waals surface area contributed by atoms with Gasteiger partial charge in [-0.2, -0.15) is 5.10 Å². The van der Waals surface area contributed by atoms with E-state index < -0.39 is 0 Å². The standard InChI is InChI=1S/C21H24N4O2/c1-15-11-18(15)20-9-7-17(27-20)8-10-21(26)24-19(12-25-14-22-13-23-25)16-5-3-2-4-6-16/h2-7,9,13-15,18-19H,8,10-12H2,1H3,(H,24,26). The van der Waals surface area contributed by atoms with Crippen molar-refractivity contribution in [2.45, 2.75) is 44.7 Å². The minimum Gasteiger partial charge on any atom is -0.466 e. The van der Waals surface area contributed by atoms with Crippen molar-refractivity contribution in [3.8, 4) is 0 Å². The Balaban J connectivity index is 1.35. The molecule has 1 amide bonds. The minimum absolute atomic E-state index is 0.00158. The summed E-state index contributed by atoms with van der Waals surface area (Å²) >= 11 is 0. The molecule has 1 aromatic carbocycles. The lowest BCUT2D eigenvalue weighted by Gasteiger charge is -2.19. The lowest BCUT2D eigenvalue weighted by atomic mass is 10.1. The topological polar surface area (TPSA) is 73.0 Å². The van der Waals surface area contributed by atoms with Crippen molar-refractivity contribution in [2.75, 3.05) is 0 Å². The molecule has 0 aliphatic heterocycles. The van der Waals surface area contributed by atoms with E-state index in [-0.39, 0.29) is 11.9 Å². The van der Waals surface area contributed by atoms with E-state index in [4.69, 9.17) is 4.42 Å². The normalized spacial score (nSPS) is 19.6. The van der Waals surface area contributed by atoms with E-state index in [1.165, 1.54) is 12.7 Å². The fourth-order valence-electron chi connectivity index (χ4n) is 3.38. The average molecular weight is 364 g/mol. The van der Waals surface area contributed by atoms with Crippen LogP contribution in [0.2, 0.25) is 0 Å². The van der Waals surface area contributed by atoms with Gasteiger partial charge in [-0.1, -0.05) is 37.3 Å². The predicted molar refractivity (Wildman–Crippen MR) is 101 cm³/mol. The van der Waals surface area contributed by atoms with Gasteiger partial charge in [0.05, 0.1) is 12.6 Å². The number of nitrogens with zero attached hydrogens (tertiary/aromatic N) is 3. The third kappa shape index (κ3) is 4.45. The fourth-order valence-corrected chi connectivity index (χ4v) is 3.38. The molecule has 0 spiro atoms. The number of aromatic nitrogens is 3. The molecule has 0 bridgehead atoms. The molecule has 6 heteroatoms. The third-order valence-corrected chi connectivity index (χ3v) is 5.13. The van der Waals surface area contributed by atoms with E-state index in [0.717, 1.165) is 23.0 Å². The Morgan fingerprint density at radius 1 is 1.30 bits per heavy atom. The van der Waals surface area contributed by atoms with Crippen molar-refractivity contribution < 1.29 is 9.21 Å². The Hall–Kier alpha value is -2.89. The zero-order chi connectivity index (χ0) is 18.6. The van der Waals surface area contributed by atoms with Gasteiger partial charge in [0.25, 0.3) is 0 Å². The number of carbonyl (C=O) groups is 1. The fraction of sp³-hybridized carbons (Fsp3) is 0.381. The lowest BCUT2D eigenvalue weighted by molar-refractivity contribution is -0.122. The Bertz CT molecular complexity index is 873. The van der Waals surface area contributed by atoms with Crippen LogP contribution in [0.5, 0.6) is 0 Å².